The van der Waals surface area contributed by atoms with E-state index in [1.54, 1.807) is 4.68 Å². The van der Waals surface area contributed by atoms with Crippen LogP contribution in [0.1, 0.15) is 70.5 Å². The van der Waals surface area contributed by atoms with Crippen LogP contribution in [0.5, 0.6) is 0 Å². The first-order valence-electron chi connectivity index (χ1n) is 7.71. The van der Waals surface area contributed by atoms with Crippen molar-refractivity contribution in [2.75, 3.05) is 0 Å². The van der Waals surface area contributed by atoms with Gasteiger partial charge in [-0.25, -0.2) is 4.68 Å². The summed E-state index contributed by atoms with van der Waals surface area (Å²) in [5, 5.41) is 19.8. The zero-order chi connectivity index (χ0) is 14.6. The zero-order valence-corrected chi connectivity index (χ0v) is 12.4. The molecule has 1 aromatic heterocycles. The van der Waals surface area contributed by atoms with Gasteiger partial charge in [-0.15, -0.1) is 5.10 Å². The lowest BCUT2D eigenvalue weighted by Gasteiger charge is -2.03. The highest BCUT2D eigenvalue weighted by Gasteiger charge is 2.09. The van der Waals surface area contributed by atoms with Crippen LogP contribution in [-0.4, -0.2) is 31.3 Å². The average molecular weight is 282 g/mol. The molecule has 0 saturated heterocycles. The maximum Gasteiger partial charge on any atom is 0.311 e. The Kier molecular flexibility index (Phi) is 8.58. The quantitative estimate of drug-likeness (QED) is 0.596. The molecular weight excluding hydrogens is 256 g/mol. The molecule has 1 rings (SSSR count). The van der Waals surface area contributed by atoms with Gasteiger partial charge in [-0.3, -0.25) is 4.79 Å². The topological polar surface area (TPSA) is 80.9 Å². The molecule has 1 N–H and O–H groups in total. The van der Waals surface area contributed by atoms with E-state index in [-0.39, 0.29) is 6.42 Å². The van der Waals surface area contributed by atoms with Crippen LogP contribution in [0.3, 0.4) is 0 Å². The van der Waals surface area contributed by atoms with Gasteiger partial charge in [0.25, 0.3) is 0 Å². The van der Waals surface area contributed by atoms with Gasteiger partial charge in [-0.05, 0) is 16.8 Å². The van der Waals surface area contributed by atoms with E-state index in [0.717, 1.165) is 12.8 Å². The number of hydrogen-bond donors (Lipinski definition) is 1. The summed E-state index contributed by atoms with van der Waals surface area (Å²) in [6.45, 7) is 2.95. The van der Waals surface area contributed by atoms with Crippen LogP contribution in [0.2, 0.25) is 0 Å². The Morgan fingerprint density at radius 2 is 1.65 bits per heavy atom. The van der Waals surface area contributed by atoms with Gasteiger partial charge >= 0.3 is 5.97 Å². The SMILES string of the molecule is CCCCCCCCCCCn1nnnc1CC(=O)O. The number of aliphatic carboxylic acids is 1. The lowest BCUT2D eigenvalue weighted by molar-refractivity contribution is -0.136. The van der Waals surface area contributed by atoms with Gasteiger partial charge in [0.1, 0.15) is 6.42 Å². The zero-order valence-electron chi connectivity index (χ0n) is 12.4. The van der Waals surface area contributed by atoms with Gasteiger partial charge in [0.05, 0.1) is 0 Å². The third kappa shape index (κ3) is 7.21. The highest BCUT2D eigenvalue weighted by molar-refractivity contribution is 5.68. The van der Waals surface area contributed by atoms with E-state index < -0.39 is 5.97 Å². The molecule has 20 heavy (non-hydrogen) atoms. The molecule has 0 fully saturated rings. The summed E-state index contributed by atoms with van der Waals surface area (Å²) in [7, 11) is 0. The summed E-state index contributed by atoms with van der Waals surface area (Å²) in [6.07, 6.45) is 11.3. The number of hydrogen-bond acceptors (Lipinski definition) is 4. The summed E-state index contributed by atoms with van der Waals surface area (Å²) < 4.78 is 1.61. The van der Waals surface area contributed by atoms with Crippen molar-refractivity contribution in [3.63, 3.8) is 0 Å². The summed E-state index contributed by atoms with van der Waals surface area (Å²) >= 11 is 0. The molecule has 6 heteroatoms. The number of carboxylic acids is 1. The van der Waals surface area contributed by atoms with Crippen LogP contribution in [0.15, 0.2) is 0 Å². The van der Waals surface area contributed by atoms with Crippen molar-refractivity contribution in [1.82, 2.24) is 20.2 Å². The van der Waals surface area contributed by atoms with Crippen molar-refractivity contribution >= 4 is 5.97 Å². The molecule has 0 unspecified atom stereocenters. The Morgan fingerprint density at radius 3 is 2.25 bits per heavy atom. The first kappa shape index (κ1) is 16.6. The minimum absolute atomic E-state index is 0.107. The molecule has 0 atom stereocenters. The van der Waals surface area contributed by atoms with Crippen LogP contribution in [0.25, 0.3) is 0 Å². The van der Waals surface area contributed by atoms with Crippen molar-refractivity contribution in [2.24, 2.45) is 0 Å². The van der Waals surface area contributed by atoms with Gasteiger partial charge in [-0.2, -0.15) is 0 Å². The van der Waals surface area contributed by atoms with Crippen molar-refractivity contribution in [1.29, 1.82) is 0 Å². The summed E-state index contributed by atoms with van der Waals surface area (Å²) in [6, 6.07) is 0. The molecule has 0 radical (unpaired) electrons. The number of tetrazole rings is 1. The standard InChI is InChI=1S/C14H26N4O2/c1-2-3-4-5-6-7-8-9-10-11-18-13(12-14(19)20)15-16-17-18/h2-12H2,1H3,(H,19,20). The van der Waals surface area contributed by atoms with Crippen molar-refractivity contribution in [3.05, 3.63) is 5.82 Å². The summed E-state index contributed by atoms with van der Waals surface area (Å²) in [5.41, 5.74) is 0. The van der Waals surface area contributed by atoms with Crippen molar-refractivity contribution in [2.45, 2.75) is 77.7 Å². The van der Waals surface area contributed by atoms with E-state index in [0.29, 0.717) is 12.4 Å². The van der Waals surface area contributed by atoms with Crippen LogP contribution < -0.4 is 0 Å². The fraction of sp³-hybridized carbons (Fsp3) is 0.857. The number of unbranched alkanes of at least 4 members (excludes halogenated alkanes) is 8. The molecule has 1 heterocycles. The predicted octanol–water partition coefficient (Wildman–Crippen LogP) is 2.83. The van der Waals surface area contributed by atoms with Gasteiger partial charge < -0.3 is 5.11 Å². The summed E-state index contributed by atoms with van der Waals surface area (Å²) in [5.74, 6) is -0.454. The largest absolute Gasteiger partial charge is 0.481 e. The highest BCUT2D eigenvalue weighted by atomic mass is 16.4. The van der Waals surface area contributed by atoms with Crippen LogP contribution in [0, 0.1) is 0 Å². The lowest BCUT2D eigenvalue weighted by atomic mass is 10.1. The molecule has 6 nitrogen and oxygen atoms in total. The third-order valence-corrected chi connectivity index (χ3v) is 3.39. The molecule has 0 bridgehead atoms. The van der Waals surface area contributed by atoms with Gasteiger partial charge in [0.15, 0.2) is 5.82 Å². The van der Waals surface area contributed by atoms with Crippen molar-refractivity contribution in [3.8, 4) is 0 Å². The molecule has 0 aromatic carbocycles. The predicted molar refractivity (Wildman–Crippen MR) is 76.4 cm³/mol. The highest BCUT2D eigenvalue weighted by Crippen LogP contribution is 2.10. The van der Waals surface area contributed by atoms with Gasteiger partial charge in [-0.1, -0.05) is 58.3 Å². The number of rotatable bonds is 12. The summed E-state index contributed by atoms with van der Waals surface area (Å²) in [4.78, 5) is 10.6. The molecule has 0 amide bonds. The molecule has 0 aliphatic carbocycles. The molecule has 0 aliphatic heterocycles. The first-order valence-corrected chi connectivity index (χ1v) is 7.71. The van der Waals surface area contributed by atoms with E-state index in [4.69, 9.17) is 5.11 Å². The fourth-order valence-electron chi connectivity index (χ4n) is 2.23. The average Bonchev–Trinajstić information content (AvgIpc) is 2.83. The van der Waals surface area contributed by atoms with Crippen LogP contribution in [0.4, 0.5) is 0 Å². The van der Waals surface area contributed by atoms with Crippen molar-refractivity contribution < 1.29 is 9.90 Å². The maximum absolute atomic E-state index is 10.6. The molecule has 0 saturated carbocycles. The maximum atomic E-state index is 10.6. The van der Waals surface area contributed by atoms with E-state index in [1.165, 1.54) is 44.9 Å². The number of aromatic nitrogens is 4. The van der Waals surface area contributed by atoms with E-state index >= 15 is 0 Å². The van der Waals surface area contributed by atoms with Crippen LogP contribution in [-0.2, 0) is 17.8 Å². The van der Waals surface area contributed by atoms with Gasteiger partial charge in [0.2, 0.25) is 0 Å². The van der Waals surface area contributed by atoms with E-state index in [2.05, 4.69) is 22.4 Å². The Bertz CT molecular complexity index is 379. The third-order valence-electron chi connectivity index (χ3n) is 3.39. The molecule has 0 spiro atoms. The van der Waals surface area contributed by atoms with E-state index in [1.807, 2.05) is 0 Å². The Balaban J connectivity index is 2.04. The number of nitrogens with zero attached hydrogens (tertiary/aromatic N) is 4. The molecular formula is C14H26N4O2. The molecule has 114 valence electrons. The van der Waals surface area contributed by atoms with Crippen LogP contribution >= 0.6 is 0 Å². The minimum atomic E-state index is -0.895. The van der Waals surface area contributed by atoms with E-state index in [9.17, 15) is 4.79 Å². The minimum Gasteiger partial charge on any atom is -0.481 e. The normalized spacial score (nSPS) is 10.8. The lowest BCUT2D eigenvalue weighted by Crippen LogP contribution is -2.10. The Labute approximate surface area is 120 Å². The fourth-order valence-corrected chi connectivity index (χ4v) is 2.23. The smallest absolute Gasteiger partial charge is 0.311 e. The first-order chi connectivity index (χ1) is 9.74. The molecule has 1 aromatic rings. The molecule has 0 aliphatic rings. The Morgan fingerprint density at radius 1 is 1.05 bits per heavy atom. The number of carboxylic acid groups (broad SMARTS) is 1. The second-order valence-corrected chi connectivity index (χ2v) is 5.22. The number of carbonyl (C=O) groups is 1. The number of aryl methyl sites for hydroxylation is 1. The van der Waals surface area contributed by atoms with Gasteiger partial charge in [0, 0.05) is 6.54 Å². The monoisotopic (exact) mass is 282 g/mol. The second-order valence-electron chi connectivity index (χ2n) is 5.22. The second kappa shape index (κ2) is 10.3. The Hall–Kier alpha value is -1.46.